The molecule has 1 heterocycles. The van der Waals surface area contributed by atoms with E-state index in [0.29, 0.717) is 4.88 Å². The van der Waals surface area contributed by atoms with Crippen LogP contribution in [0.5, 0.6) is 0 Å². The lowest BCUT2D eigenvalue weighted by molar-refractivity contribution is 0.112. The normalized spacial score (nSPS) is 9.44. The van der Waals surface area contributed by atoms with E-state index in [0.717, 1.165) is 11.2 Å². The molecule has 48 valence electrons. The summed E-state index contributed by atoms with van der Waals surface area (Å²) in [4.78, 5) is 11.6. The maximum Gasteiger partial charge on any atom is 0.160 e. The monoisotopic (exact) mass is 142 g/mol. The molecular weight excluding hydrogens is 136 g/mol. The Morgan fingerprint density at radius 2 is 2.44 bits per heavy atom. The van der Waals surface area contributed by atoms with Crippen LogP contribution in [0.4, 0.5) is 0 Å². The second-order valence-electron chi connectivity index (χ2n) is 1.58. The smallest absolute Gasteiger partial charge is 0.160 e. The van der Waals surface area contributed by atoms with Gasteiger partial charge in [-0.15, -0.1) is 11.3 Å². The molecule has 0 aliphatic carbocycles. The molecule has 1 N–H and O–H groups in total. The molecule has 0 atom stereocenters. The van der Waals surface area contributed by atoms with E-state index in [2.05, 4.69) is 0 Å². The Morgan fingerprint density at radius 1 is 1.67 bits per heavy atom. The summed E-state index contributed by atoms with van der Waals surface area (Å²) in [6, 6.07) is 3.44. The number of aldehydes is 1. The van der Waals surface area contributed by atoms with Crippen LogP contribution in [0.3, 0.4) is 0 Å². The second kappa shape index (κ2) is 2.75. The SMILES string of the molecule is O=Cc1ccc(CO)s1. The summed E-state index contributed by atoms with van der Waals surface area (Å²) in [7, 11) is 0. The molecule has 0 saturated heterocycles. The first-order valence-corrected chi connectivity index (χ1v) is 3.33. The molecule has 0 aliphatic heterocycles. The van der Waals surface area contributed by atoms with E-state index in [4.69, 9.17) is 5.11 Å². The van der Waals surface area contributed by atoms with Gasteiger partial charge in [0.15, 0.2) is 6.29 Å². The van der Waals surface area contributed by atoms with Gasteiger partial charge >= 0.3 is 0 Å². The van der Waals surface area contributed by atoms with Gasteiger partial charge in [0, 0.05) is 4.88 Å². The van der Waals surface area contributed by atoms with Crippen LogP contribution in [0.2, 0.25) is 0 Å². The molecular formula is C6H6O2S. The number of carbonyl (C=O) groups is 1. The van der Waals surface area contributed by atoms with Crippen molar-refractivity contribution < 1.29 is 9.90 Å². The van der Waals surface area contributed by atoms with Crippen molar-refractivity contribution in [3.63, 3.8) is 0 Å². The van der Waals surface area contributed by atoms with Crippen molar-refractivity contribution in [2.24, 2.45) is 0 Å². The lowest BCUT2D eigenvalue weighted by atomic mass is 10.4. The standard InChI is InChI=1S/C6H6O2S/c7-3-5-1-2-6(4-8)9-5/h1-3,8H,4H2. The van der Waals surface area contributed by atoms with E-state index >= 15 is 0 Å². The highest BCUT2D eigenvalue weighted by Crippen LogP contribution is 2.13. The molecule has 9 heavy (non-hydrogen) atoms. The van der Waals surface area contributed by atoms with Gasteiger partial charge in [0.1, 0.15) is 0 Å². The zero-order valence-electron chi connectivity index (χ0n) is 4.70. The predicted molar refractivity (Wildman–Crippen MR) is 35.6 cm³/mol. The van der Waals surface area contributed by atoms with Crippen LogP contribution < -0.4 is 0 Å². The van der Waals surface area contributed by atoms with Crippen LogP contribution in [0, 0.1) is 0 Å². The Labute approximate surface area is 56.8 Å². The van der Waals surface area contributed by atoms with Gasteiger partial charge in [-0.2, -0.15) is 0 Å². The molecule has 2 nitrogen and oxygen atoms in total. The molecule has 0 bridgehead atoms. The molecule has 0 spiro atoms. The zero-order chi connectivity index (χ0) is 6.69. The Balaban J connectivity index is 2.86. The fourth-order valence-electron chi connectivity index (χ4n) is 0.543. The van der Waals surface area contributed by atoms with Crippen molar-refractivity contribution in [1.82, 2.24) is 0 Å². The maximum absolute atomic E-state index is 10.1. The summed E-state index contributed by atoms with van der Waals surface area (Å²) in [6.07, 6.45) is 0.782. The summed E-state index contributed by atoms with van der Waals surface area (Å²) >= 11 is 1.31. The summed E-state index contributed by atoms with van der Waals surface area (Å²) in [5, 5.41) is 8.54. The fourth-order valence-corrected chi connectivity index (χ4v) is 1.23. The highest BCUT2D eigenvalue weighted by Gasteiger charge is 1.94. The van der Waals surface area contributed by atoms with Gasteiger partial charge in [-0.1, -0.05) is 0 Å². The van der Waals surface area contributed by atoms with Gasteiger partial charge in [-0.25, -0.2) is 0 Å². The first-order chi connectivity index (χ1) is 4.36. The highest BCUT2D eigenvalue weighted by molar-refractivity contribution is 7.13. The minimum Gasteiger partial charge on any atom is -0.391 e. The molecule has 1 aromatic rings. The van der Waals surface area contributed by atoms with Crippen molar-refractivity contribution >= 4 is 17.6 Å². The average Bonchev–Trinajstić information content (AvgIpc) is 2.34. The highest BCUT2D eigenvalue weighted by atomic mass is 32.1. The van der Waals surface area contributed by atoms with Crippen LogP contribution in [-0.4, -0.2) is 11.4 Å². The predicted octanol–water partition coefficient (Wildman–Crippen LogP) is 1.05. The third-order valence-electron chi connectivity index (χ3n) is 0.954. The third-order valence-corrected chi connectivity index (χ3v) is 1.95. The molecule has 0 unspecified atom stereocenters. The van der Waals surface area contributed by atoms with Crippen LogP contribution in [-0.2, 0) is 6.61 Å². The van der Waals surface area contributed by atoms with Crippen LogP contribution in [0.1, 0.15) is 14.5 Å². The number of aliphatic hydroxyl groups excluding tert-OH is 1. The number of hydrogen-bond acceptors (Lipinski definition) is 3. The maximum atomic E-state index is 10.1. The summed E-state index contributed by atoms with van der Waals surface area (Å²) in [6.45, 7) is 0.0263. The molecule has 0 aliphatic rings. The molecule has 0 saturated carbocycles. The zero-order valence-corrected chi connectivity index (χ0v) is 5.52. The topological polar surface area (TPSA) is 37.3 Å². The molecule has 1 aromatic heterocycles. The van der Waals surface area contributed by atoms with Crippen molar-refractivity contribution in [2.45, 2.75) is 6.61 Å². The Kier molecular flexibility index (Phi) is 1.97. The number of carbonyl (C=O) groups excluding carboxylic acids is 1. The van der Waals surface area contributed by atoms with E-state index in [1.165, 1.54) is 11.3 Å². The largest absolute Gasteiger partial charge is 0.391 e. The Bertz CT molecular complexity index is 205. The Hall–Kier alpha value is -0.670. The minimum absolute atomic E-state index is 0.0263. The third kappa shape index (κ3) is 1.37. The van der Waals surface area contributed by atoms with Gasteiger partial charge in [-0.05, 0) is 12.1 Å². The average molecular weight is 142 g/mol. The molecule has 0 radical (unpaired) electrons. The number of aliphatic hydroxyl groups is 1. The summed E-state index contributed by atoms with van der Waals surface area (Å²) < 4.78 is 0. The van der Waals surface area contributed by atoms with E-state index in [9.17, 15) is 4.79 Å². The van der Waals surface area contributed by atoms with E-state index in [-0.39, 0.29) is 6.61 Å². The fraction of sp³-hybridized carbons (Fsp3) is 0.167. The van der Waals surface area contributed by atoms with Gasteiger partial charge in [-0.3, -0.25) is 4.79 Å². The Morgan fingerprint density at radius 3 is 2.78 bits per heavy atom. The van der Waals surface area contributed by atoms with Gasteiger partial charge in [0.25, 0.3) is 0 Å². The van der Waals surface area contributed by atoms with Crippen LogP contribution in [0.15, 0.2) is 12.1 Å². The first-order valence-electron chi connectivity index (χ1n) is 2.51. The van der Waals surface area contributed by atoms with Gasteiger partial charge < -0.3 is 5.11 Å². The summed E-state index contributed by atoms with van der Waals surface area (Å²) in [5.74, 6) is 0. The molecule has 0 fully saturated rings. The van der Waals surface area contributed by atoms with Crippen molar-refractivity contribution in [3.8, 4) is 0 Å². The lowest BCUT2D eigenvalue weighted by Gasteiger charge is -1.80. The lowest BCUT2D eigenvalue weighted by Crippen LogP contribution is -1.70. The molecule has 0 aromatic carbocycles. The molecule has 0 amide bonds. The first kappa shape index (κ1) is 6.45. The van der Waals surface area contributed by atoms with Crippen LogP contribution in [0.25, 0.3) is 0 Å². The van der Waals surface area contributed by atoms with E-state index in [1.807, 2.05) is 0 Å². The number of thiophene rings is 1. The van der Waals surface area contributed by atoms with Crippen LogP contribution >= 0.6 is 11.3 Å². The van der Waals surface area contributed by atoms with Gasteiger partial charge in [0.2, 0.25) is 0 Å². The van der Waals surface area contributed by atoms with Crippen molar-refractivity contribution in [1.29, 1.82) is 0 Å². The minimum atomic E-state index is 0.0263. The number of hydrogen-bond donors (Lipinski definition) is 1. The van der Waals surface area contributed by atoms with Crippen molar-refractivity contribution in [3.05, 3.63) is 21.9 Å². The molecule has 3 heteroatoms. The number of rotatable bonds is 2. The molecule has 1 rings (SSSR count). The quantitative estimate of drug-likeness (QED) is 0.627. The second-order valence-corrected chi connectivity index (χ2v) is 2.78. The van der Waals surface area contributed by atoms with E-state index < -0.39 is 0 Å². The summed E-state index contributed by atoms with van der Waals surface area (Å²) in [5.41, 5.74) is 0. The van der Waals surface area contributed by atoms with Gasteiger partial charge in [0.05, 0.1) is 11.5 Å². The van der Waals surface area contributed by atoms with Crippen molar-refractivity contribution in [2.75, 3.05) is 0 Å². The van der Waals surface area contributed by atoms with E-state index in [1.54, 1.807) is 12.1 Å².